The van der Waals surface area contributed by atoms with E-state index in [1.807, 2.05) is 4.98 Å². The van der Waals surface area contributed by atoms with Crippen molar-refractivity contribution >= 4 is 29.0 Å². The summed E-state index contributed by atoms with van der Waals surface area (Å²) in [7, 11) is 0. The van der Waals surface area contributed by atoms with Gasteiger partial charge in [0.05, 0.1) is 0 Å². The lowest BCUT2D eigenvalue weighted by Crippen LogP contribution is -2.32. The van der Waals surface area contributed by atoms with Gasteiger partial charge in [-0.2, -0.15) is 0 Å². The van der Waals surface area contributed by atoms with Crippen molar-refractivity contribution < 1.29 is 9.59 Å². The SMILES string of the molecule is NC(=O)c1cccc(NC(=O)c2c(Nc3ccccc3)[nH]c(=O)[nH]c2=O)c1. The van der Waals surface area contributed by atoms with Gasteiger partial charge in [-0.3, -0.25) is 24.4 Å². The van der Waals surface area contributed by atoms with E-state index in [2.05, 4.69) is 15.6 Å². The number of para-hydroxylation sites is 1. The molecule has 0 fully saturated rings. The maximum Gasteiger partial charge on any atom is 0.327 e. The number of hydrogen-bond acceptors (Lipinski definition) is 5. The molecule has 0 saturated carbocycles. The fourth-order valence-electron chi connectivity index (χ4n) is 2.41. The molecular weight excluding hydrogens is 350 g/mol. The number of aromatic nitrogens is 2. The molecule has 2 amide bonds. The number of nitrogens with two attached hydrogens (primary N) is 1. The molecule has 27 heavy (non-hydrogen) atoms. The molecule has 136 valence electrons. The van der Waals surface area contributed by atoms with Gasteiger partial charge >= 0.3 is 5.69 Å². The molecule has 0 aliphatic carbocycles. The fraction of sp³-hybridized carbons (Fsp3) is 0. The lowest BCUT2D eigenvalue weighted by Gasteiger charge is -2.11. The number of carbonyl (C=O) groups excluding carboxylic acids is 2. The molecule has 2 aromatic carbocycles. The van der Waals surface area contributed by atoms with Gasteiger partial charge in [-0.1, -0.05) is 24.3 Å². The average Bonchev–Trinajstić information content (AvgIpc) is 2.62. The smallest absolute Gasteiger partial charge is 0.327 e. The molecule has 1 aromatic heterocycles. The Morgan fingerprint density at radius 2 is 1.59 bits per heavy atom. The number of H-pyrrole nitrogens is 2. The van der Waals surface area contributed by atoms with Crippen LogP contribution in [-0.4, -0.2) is 21.8 Å². The van der Waals surface area contributed by atoms with Crippen LogP contribution in [0.3, 0.4) is 0 Å². The van der Waals surface area contributed by atoms with Gasteiger partial charge in [0.25, 0.3) is 11.5 Å². The number of aromatic amines is 2. The van der Waals surface area contributed by atoms with Crippen molar-refractivity contribution in [3.05, 3.63) is 86.6 Å². The molecule has 0 spiro atoms. The third-order valence-electron chi connectivity index (χ3n) is 3.62. The van der Waals surface area contributed by atoms with E-state index in [1.165, 1.54) is 24.3 Å². The molecule has 0 aliphatic rings. The van der Waals surface area contributed by atoms with Crippen LogP contribution in [0.1, 0.15) is 20.7 Å². The molecule has 1 heterocycles. The number of carbonyl (C=O) groups is 2. The fourth-order valence-corrected chi connectivity index (χ4v) is 2.41. The topological polar surface area (TPSA) is 150 Å². The second-order valence-electron chi connectivity index (χ2n) is 5.55. The largest absolute Gasteiger partial charge is 0.366 e. The van der Waals surface area contributed by atoms with Gasteiger partial charge in [-0.15, -0.1) is 0 Å². The summed E-state index contributed by atoms with van der Waals surface area (Å²) in [4.78, 5) is 52.1. The second-order valence-corrected chi connectivity index (χ2v) is 5.55. The van der Waals surface area contributed by atoms with Gasteiger partial charge < -0.3 is 16.4 Å². The first-order valence-corrected chi connectivity index (χ1v) is 7.84. The minimum atomic E-state index is -0.860. The molecule has 3 rings (SSSR count). The van der Waals surface area contributed by atoms with Crippen LogP contribution in [0.4, 0.5) is 17.2 Å². The molecule has 9 heteroatoms. The van der Waals surface area contributed by atoms with Crippen LogP contribution in [-0.2, 0) is 0 Å². The van der Waals surface area contributed by atoms with Crippen molar-refractivity contribution in [2.45, 2.75) is 0 Å². The lowest BCUT2D eigenvalue weighted by molar-refractivity contribution is 0.0996. The zero-order valence-electron chi connectivity index (χ0n) is 13.9. The van der Waals surface area contributed by atoms with E-state index in [1.54, 1.807) is 30.3 Å². The summed E-state index contributed by atoms with van der Waals surface area (Å²) < 4.78 is 0. The number of benzene rings is 2. The van der Waals surface area contributed by atoms with Crippen LogP contribution in [0, 0.1) is 0 Å². The molecule has 0 bridgehead atoms. The molecule has 0 saturated heterocycles. The third-order valence-corrected chi connectivity index (χ3v) is 3.62. The van der Waals surface area contributed by atoms with Gasteiger partial charge in [0.1, 0.15) is 11.4 Å². The van der Waals surface area contributed by atoms with E-state index < -0.39 is 23.1 Å². The summed E-state index contributed by atoms with van der Waals surface area (Å²) >= 11 is 0. The first-order valence-electron chi connectivity index (χ1n) is 7.84. The summed E-state index contributed by atoms with van der Waals surface area (Å²) in [6.45, 7) is 0. The Morgan fingerprint density at radius 3 is 2.30 bits per heavy atom. The summed E-state index contributed by atoms with van der Waals surface area (Å²) in [6, 6.07) is 14.7. The van der Waals surface area contributed by atoms with Crippen molar-refractivity contribution in [3.8, 4) is 0 Å². The Balaban J connectivity index is 1.97. The first-order chi connectivity index (χ1) is 12.9. The molecule has 3 aromatic rings. The van der Waals surface area contributed by atoms with Crippen LogP contribution in [0.5, 0.6) is 0 Å². The Bertz CT molecular complexity index is 1120. The molecule has 0 aliphatic heterocycles. The van der Waals surface area contributed by atoms with Gasteiger partial charge in [0.15, 0.2) is 0 Å². The van der Waals surface area contributed by atoms with E-state index in [-0.39, 0.29) is 22.6 Å². The van der Waals surface area contributed by atoms with Gasteiger partial charge in [-0.25, -0.2) is 4.79 Å². The summed E-state index contributed by atoms with van der Waals surface area (Å²) in [6.07, 6.45) is 0. The summed E-state index contributed by atoms with van der Waals surface area (Å²) in [5.41, 5.74) is 4.33. The predicted octanol–water partition coefficient (Wildman–Crippen LogP) is 1.16. The Labute approximate surface area is 152 Å². The van der Waals surface area contributed by atoms with E-state index in [0.717, 1.165) is 0 Å². The van der Waals surface area contributed by atoms with Crippen LogP contribution in [0.15, 0.2) is 64.2 Å². The molecule has 6 N–H and O–H groups in total. The number of anilines is 3. The van der Waals surface area contributed by atoms with Crippen molar-refractivity contribution in [3.63, 3.8) is 0 Å². The number of primary amides is 1. The highest BCUT2D eigenvalue weighted by Gasteiger charge is 2.18. The van der Waals surface area contributed by atoms with E-state index in [0.29, 0.717) is 5.69 Å². The van der Waals surface area contributed by atoms with Gasteiger partial charge in [-0.05, 0) is 30.3 Å². The minimum absolute atomic E-state index is 0.0569. The normalized spacial score (nSPS) is 10.2. The van der Waals surface area contributed by atoms with Crippen LogP contribution >= 0.6 is 0 Å². The Hall–Kier alpha value is -4.14. The van der Waals surface area contributed by atoms with Crippen molar-refractivity contribution in [2.24, 2.45) is 5.73 Å². The highest BCUT2D eigenvalue weighted by Crippen LogP contribution is 2.17. The van der Waals surface area contributed by atoms with Crippen LogP contribution in [0.2, 0.25) is 0 Å². The summed E-state index contributed by atoms with van der Waals surface area (Å²) in [5, 5.41) is 5.35. The second kappa shape index (κ2) is 7.40. The van der Waals surface area contributed by atoms with E-state index >= 15 is 0 Å². The zero-order chi connectivity index (χ0) is 19.4. The molecule has 9 nitrogen and oxygen atoms in total. The zero-order valence-corrected chi connectivity index (χ0v) is 13.9. The average molecular weight is 365 g/mol. The monoisotopic (exact) mass is 365 g/mol. The number of hydrogen-bond donors (Lipinski definition) is 5. The van der Waals surface area contributed by atoms with Crippen molar-refractivity contribution in [1.82, 2.24) is 9.97 Å². The molecule has 0 atom stereocenters. The third kappa shape index (κ3) is 4.10. The van der Waals surface area contributed by atoms with Crippen molar-refractivity contribution in [1.29, 1.82) is 0 Å². The molecule has 0 radical (unpaired) electrons. The predicted molar refractivity (Wildman–Crippen MR) is 100 cm³/mol. The quantitative estimate of drug-likeness (QED) is 0.460. The number of rotatable bonds is 5. The standard InChI is InChI=1S/C18H15N5O4/c19-14(24)10-5-4-8-12(9-10)21-16(25)13-15(22-18(27)23-17(13)26)20-11-6-2-1-3-7-11/h1-9H,(H2,19,24)(H,21,25)(H3,20,22,23,26,27). The molecular formula is C18H15N5O4. The minimum Gasteiger partial charge on any atom is -0.366 e. The Kier molecular flexibility index (Phi) is 4.84. The van der Waals surface area contributed by atoms with Crippen LogP contribution < -0.4 is 27.6 Å². The maximum atomic E-state index is 12.6. The molecule has 0 unspecified atom stereocenters. The first kappa shape index (κ1) is 17.7. The lowest BCUT2D eigenvalue weighted by atomic mass is 10.2. The number of amides is 2. The van der Waals surface area contributed by atoms with E-state index in [9.17, 15) is 19.2 Å². The van der Waals surface area contributed by atoms with E-state index in [4.69, 9.17) is 5.73 Å². The van der Waals surface area contributed by atoms with Gasteiger partial charge in [0, 0.05) is 16.9 Å². The highest BCUT2D eigenvalue weighted by atomic mass is 16.2. The number of nitrogens with one attached hydrogen (secondary N) is 4. The highest BCUT2D eigenvalue weighted by molar-refractivity contribution is 6.08. The van der Waals surface area contributed by atoms with Crippen LogP contribution in [0.25, 0.3) is 0 Å². The van der Waals surface area contributed by atoms with Gasteiger partial charge in [0.2, 0.25) is 5.91 Å². The van der Waals surface area contributed by atoms with Crippen molar-refractivity contribution in [2.75, 3.05) is 10.6 Å². The Morgan fingerprint density at radius 1 is 0.889 bits per heavy atom. The summed E-state index contributed by atoms with van der Waals surface area (Å²) in [5.74, 6) is -1.48. The maximum absolute atomic E-state index is 12.6.